The summed E-state index contributed by atoms with van der Waals surface area (Å²) >= 11 is 0. The second-order valence-electron chi connectivity index (χ2n) is 6.30. The molecule has 6 heteroatoms. The molecule has 0 aromatic rings. The van der Waals surface area contributed by atoms with Crippen LogP contribution in [0, 0.1) is 5.41 Å². The molecule has 2 N–H and O–H groups in total. The minimum atomic E-state index is 0. The zero-order valence-electron chi connectivity index (χ0n) is 12.2. The van der Waals surface area contributed by atoms with Crippen LogP contribution >= 0.6 is 24.0 Å². The van der Waals surface area contributed by atoms with E-state index in [0.29, 0.717) is 12.5 Å². The fraction of sp³-hybridized carbons (Fsp3) is 0.857. The van der Waals surface area contributed by atoms with E-state index in [2.05, 4.69) is 20.5 Å². The number of rotatable bonds is 1. The molecule has 3 fully saturated rings. The van der Waals surface area contributed by atoms with Crippen molar-refractivity contribution in [3.05, 3.63) is 0 Å². The van der Waals surface area contributed by atoms with Gasteiger partial charge in [0.25, 0.3) is 0 Å². The number of nitrogens with zero attached hydrogens (tertiary/aromatic N) is 2. The monoisotopic (exact) mass is 392 g/mol. The number of carbonyl (C=O) groups is 1. The highest BCUT2D eigenvalue weighted by Crippen LogP contribution is 2.36. The lowest BCUT2D eigenvalue weighted by molar-refractivity contribution is -0.119. The number of likely N-dealkylation sites (tertiary alicyclic amines) is 1. The first-order chi connectivity index (χ1) is 9.21. The summed E-state index contributed by atoms with van der Waals surface area (Å²) in [4.78, 5) is 18.3. The number of guanidine groups is 1. The average molecular weight is 392 g/mol. The smallest absolute Gasteiger partial charge is 0.220 e. The minimum absolute atomic E-state index is 0. The topological polar surface area (TPSA) is 56.7 Å². The lowest BCUT2D eigenvalue weighted by atomic mass is 9.79. The van der Waals surface area contributed by atoms with Crippen LogP contribution in [0.3, 0.4) is 0 Å². The summed E-state index contributed by atoms with van der Waals surface area (Å²) in [6.07, 6.45) is 6.85. The van der Waals surface area contributed by atoms with Crippen molar-refractivity contribution in [1.29, 1.82) is 0 Å². The molecule has 5 nitrogen and oxygen atoms in total. The van der Waals surface area contributed by atoms with E-state index in [1.165, 1.54) is 19.3 Å². The Bertz CT molecular complexity index is 397. The van der Waals surface area contributed by atoms with E-state index in [0.717, 1.165) is 38.4 Å². The highest BCUT2D eigenvalue weighted by molar-refractivity contribution is 14.0. The molecule has 1 aliphatic carbocycles. The number of carbonyl (C=O) groups excluding carboxylic acids is 1. The molecule has 2 aliphatic heterocycles. The van der Waals surface area contributed by atoms with E-state index >= 15 is 0 Å². The standard InChI is InChI=1S/C14H24N4O.HI/c1-15-13(17-11-4-2-5-11)18-7-3-6-14(10-18)8-12(19)16-9-14;/h11H,2-10H2,1H3,(H,15,17)(H,16,19);1H. The van der Waals surface area contributed by atoms with E-state index < -0.39 is 0 Å². The van der Waals surface area contributed by atoms with Crippen LogP contribution in [0.4, 0.5) is 0 Å². The first-order valence-electron chi connectivity index (χ1n) is 7.46. The Morgan fingerprint density at radius 3 is 2.80 bits per heavy atom. The molecule has 1 spiro atoms. The van der Waals surface area contributed by atoms with Crippen LogP contribution in [0.1, 0.15) is 38.5 Å². The maximum atomic E-state index is 11.5. The van der Waals surface area contributed by atoms with Gasteiger partial charge < -0.3 is 15.5 Å². The van der Waals surface area contributed by atoms with Crippen LogP contribution in [-0.2, 0) is 4.79 Å². The van der Waals surface area contributed by atoms with Crippen molar-refractivity contribution in [2.24, 2.45) is 10.4 Å². The number of nitrogens with one attached hydrogen (secondary N) is 2. The van der Waals surface area contributed by atoms with Crippen LogP contribution in [-0.4, -0.2) is 49.5 Å². The van der Waals surface area contributed by atoms with Crippen molar-refractivity contribution in [1.82, 2.24) is 15.5 Å². The van der Waals surface area contributed by atoms with E-state index in [1.54, 1.807) is 0 Å². The van der Waals surface area contributed by atoms with Gasteiger partial charge in [0.1, 0.15) is 0 Å². The van der Waals surface area contributed by atoms with Crippen molar-refractivity contribution < 1.29 is 4.79 Å². The Balaban J connectivity index is 0.00000147. The zero-order valence-corrected chi connectivity index (χ0v) is 14.5. The third-order valence-corrected chi connectivity index (χ3v) is 4.81. The van der Waals surface area contributed by atoms with Gasteiger partial charge in [0, 0.05) is 44.6 Å². The third-order valence-electron chi connectivity index (χ3n) is 4.81. The fourth-order valence-corrected chi connectivity index (χ4v) is 3.46. The highest BCUT2D eigenvalue weighted by atomic mass is 127. The van der Waals surface area contributed by atoms with Gasteiger partial charge >= 0.3 is 0 Å². The van der Waals surface area contributed by atoms with Gasteiger partial charge in [0.05, 0.1) is 0 Å². The Morgan fingerprint density at radius 1 is 1.45 bits per heavy atom. The molecule has 3 aliphatic rings. The Labute approximate surface area is 138 Å². The average Bonchev–Trinajstić information content (AvgIpc) is 2.69. The Kier molecular flexibility index (Phi) is 5.14. The molecule has 114 valence electrons. The van der Waals surface area contributed by atoms with Crippen molar-refractivity contribution in [3.63, 3.8) is 0 Å². The first-order valence-corrected chi connectivity index (χ1v) is 7.46. The van der Waals surface area contributed by atoms with Crippen LogP contribution < -0.4 is 10.6 Å². The van der Waals surface area contributed by atoms with Crippen molar-refractivity contribution in [3.8, 4) is 0 Å². The van der Waals surface area contributed by atoms with Gasteiger partial charge in [-0.15, -0.1) is 24.0 Å². The lowest BCUT2D eigenvalue weighted by Gasteiger charge is -2.42. The van der Waals surface area contributed by atoms with E-state index in [9.17, 15) is 4.79 Å². The summed E-state index contributed by atoms with van der Waals surface area (Å²) < 4.78 is 0. The van der Waals surface area contributed by atoms with E-state index in [1.807, 2.05) is 7.05 Å². The molecule has 1 atom stereocenters. The zero-order chi connectivity index (χ0) is 13.3. The van der Waals surface area contributed by atoms with Gasteiger partial charge in [0.15, 0.2) is 5.96 Å². The minimum Gasteiger partial charge on any atom is -0.355 e. The molecule has 2 heterocycles. The normalized spacial score (nSPS) is 30.8. The number of aliphatic imine (C=N–C) groups is 1. The van der Waals surface area contributed by atoms with Gasteiger partial charge in [-0.25, -0.2) is 0 Å². The number of hydrogen-bond acceptors (Lipinski definition) is 2. The fourth-order valence-electron chi connectivity index (χ4n) is 3.46. The largest absolute Gasteiger partial charge is 0.355 e. The number of hydrogen-bond donors (Lipinski definition) is 2. The maximum absolute atomic E-state index is 11.5. The summed E-state index contributed by atoms with van der Waals surface area (Å²) in [6.45, 7) is 2.85. The van der Waals surface area contributed by atoms with Gasteiger partial charge in [-0.1, -0.05) is 0 Å². The van der Waals surface area contributed by atoms with Crippen molar-refractivity contribution in [2.75, 3.05) is 26.7 Å². The molecule has 1 amide bonds. The Hall–Kier alpha value is -0.530. The molecule has 0 aromatic heterocycles. The summed E-state index contributed by atoms with van der Waals surface area (Å²) in [6, 6.07) is 0.611. The molecule has 20 heavy (non-hydrogen) atoms. The molecule has 0 aromatic carbocycles. The van der Waals surface area contributed by atoms with Crippen molar-refractivity contribution in [2.45, 2.75) is 44.6 Å². The number of halogens is 1. The number of piperidine rings is 1. The molecular formula is C14H25IN4O. The Morgan fingerprint density at radius 2 is 2.25 bits per heavy atom. The highest BCUT2D eigenvalue weighted by Gasteiger charge is 2.42. The van der Waals surface area contributed by atoms with Gasteiger partial charge in [0.2, 0.25) is 5.91 Å². The first kappa shape index (κ1) is 15.9. The van der Waals surface area contributed by atoms with E-state index in [-0.39, 0.29) is 35.3 Å². The van der Waals surface area contributed by atoms with Crippen LogP contribution in [0.15, 0.2) is 4.99 Å². The van der Waals surface area contributed by atoms with Crippen LogP contribution in [0.5, 0.6) is 0 Å². The number of amides is 1. The quantitative estimate of drug-likeness (QED) is 0.402. The summed E-state index contributed by atoms with van der Waals surface area (Å²) in [5, 5.41) is 6.56. The molecule has 1 saturated carbocycles. The second kappa shape index (κ2) is 6.49. The molecule has 1 unspecified atom stereocenters. The molecule has 0 bridgehead atoms. The molecular weight excluding hydrogens is 367 g/mol. The summed E-state index contributed by atoms with van der Waals surface area (Å²) in [5.74, 6) is 1.24. The molecule has 0 radical (unpaired) electrons. The SMILES string of the molecule is CN=C(NC1CCC1)N1CCCC2(CNC(=O)C2)C1.I. The summed E-state index contributed by atoms with van der Waals surface area (Å²) in [5.41, 5.74) is 0.145. The lowest BCUT2D eigenvalue weighted by Crippen LogP contribution is -2.54. The van der Waals surface area contributed by atoms with Gasteiger partial charge in [-0.3, -0.25) is 9.79 Å². The van der Waals surface area contributed by atoms with Gasteiger partial charge in [-0.05, 0) is 32.1 Å². The third kappa shape index (κ3) is 3.20. The summed E-state index contributed by atoms with van der Waals surface area (Å²) in [7, 11) is 1.86. The second-order valence-corrected chi connectivity index (χ2v) is 6.30. The predicted octanol–water partition coefficient (Wildman–Crippen LogP) is 1.33. The van der Waals surface area contributed by atoms with Crippen LogP contribution in [0.25, 0.3) is 0 Å². The van der Waals surface area contributed by atoms with Gasteiger partial charge in [-0.2, -0.15) is 0 Å². The maximum Gasteiger partial charge on any atom is 0.220 e. The van der Waals surface area contributed by atoms with E-state index in [4.69, 9.17) is 0 Å². The van der Waals surface area contributed by atoms with Crippen molar-refractivity contribution >= 4 is 35.8 Å². The molecule has 2 saturated heterocycles. The van der Waals surface area contributed by atoms with Crippen LogP contribution in [0.2, 0.25) is 0 Å². The molecule has 3 rings (SSSR count). The predicted molar refractivity (Wildman–Crippen MR) is 90.4 cm³/mol.